The van der Waals surface area contributed by atoms with E-state index in [2.05, 4.69) is 20.6 Å². The summed E-state index contributed by atoms with van der Waals surface area (Å²) in [6.07, 6.45) is 1.64. The second-order valence-corrected chi connectivity index (χ2v) is 7.35. The van der Waals surface area contributed by atoms with Crippen LogP contribution in [0.5, 0.6) is 0 Å². The van der Waals surface area contributed by atoms with Crippen molar-refractivity contribution in [2.24, 2.45) is 0 Å². The Bertz CT molecular complexity index is 1200. The number of aromatic nitrogens is 3. The number of thiophene rings is 1. The monoisotopic (exact) mass is 405 g/mol. The Hall–Kier alpha value is -3.52. The summed E-state index contributed by atoms with van der Waals surface area (Å²) >= 11 is 1.60. The molecule has 3 aromatic heterocycles. The molecule has 7 nitrogen and oxygen atoms in total. The minimum Gasteiger partial charge on any atom is -0.347 e. The second-order valence-electron chi connectivity index (χ2n) is 6.32. The van der Waals surface area contributed by atoms with E-state index in [1.807, 2.05) is 30.5 Å². The number of benzene rings is 1. The Kier molecular flexibility index (Phi) is 5.35. The zero-order valence-electron chi connectivity index (χ0n) is 15.8. The first-order chi connectivity index (χ1) is 14.2. The van der Waals surface area contributed by atoms with Crippen molar-refractivity contribution in [2.75, 3.05) is 5.32 Å². The average molecular weight is 405 g/mol. The molecule has 2 N–H and O–H groups in total. The van der Waals surface area contributed by atoms with Gasteiger partial charge in [-0.05, 0) is 54.8 Å². The molecule has 0 fully saturated rings. The summed E-state index contributed by atoms with van der Waals surface area (Å²) in [6.45, 7) is 2.89. The molecule has 3 heterocycles. The van der Waals surface area contributed by atoms with Gasteiger partial charge in [-0.15, -0.1) is 11.3 Å². The average Bonchev–Trinajstić information content (AvgIpc) is 3.27. The molecule has 0 radical (unpaired) electrons. The largest absolute Gasteiger partial charge is 0.347 e. The molecule has 0 atom stereocenters. The molecular formula is C21H19N5O2S. The third-order valence-corrected chi connectivity index (χ3v) is 5.31. The SMILES string of the molecule is CCn1c(=O)c(Nc2ccc(C(=O)NCc3cccs3)cc2)nc2cccnc21. The minimum atomic E-state index is -0.239. The van der Waals surface area contributed by atoms with Gasteiger partial charge >= 0.3 is 0 Å². The van der Waals surface area contributed by atoms with Crippen molar-refractivity contribution in [1.29, 1.82) is 0 Å². The highest BCUT2D eigenvalue weighted by atomic mass is 32.1. The van der Waals surface area contributed by atoms with Gasteiger partial charge in [0, 0.05) is 28.9 Å². The van der Waals surface area contributed by atoms with Crippen LogP contribution in [-0.2, 0) is 13.1 Å². The van der Waals surface area contributed by atoms with E-state index >= 15 is 0 Å². The van der Waals surface area contributed by atoms with Crippen molar-refractivity contribution in [2.45, 2.75) is 20.0 Å². The Labute approximate surface area is 171 Å². The highest BCUT2D eigenvalue weighted by Gasteiger charge is 2.11. The molecule has 8 heteroatoms. The van der Waals surface area contributed by atoms with Crippen LogP contribution in [0.2, 0.25) is 0 Å². The second kappa shape index (κ2) is 8.24. The van der Waals surface area contributed by atoms with E-state index in [0.29, 0.717) is 35.5 Å². The number of carbonyl (C=O) groups excluding carboxylic acids is 1. The van der Waals surface area contributed by atoms with Gasteiger partial charge in [-0.3, -0.25) is 14.2 Å². The van der Waals surface area contributed by atoms with Gasteiger partial charge < -0.3 is 10.6 Å². The molecule has 1 aromatic carbocycles. The fourth-order valence-corrected chi connectivity index (χ4v) is 3.62. The van der Waals surface area contributed by atoms with Gasteiger partial charge in [0.25, 0.3) is 11.5 Å². The predicted octanol–water partition coefficient (Wildman–Crippen LogP) is 3.55. The molecule has 0 spiro atoms. The molecule has 0 aliphatic rings. The van der Waals surface area contributed by atoms with Crippen molar-refractivity contribution in [3.8, 4) is 0 Å². The summed E-state index contributed by atoms with van der Waals surface area (Å²) in [5, 5.41) is 7.93. The first kappa shape index (κ1) is 18.8. The number of amides is 1. The summed E-state index contributed by atoms with van der Waals surface area (Å²) in [5.74, 6) is 0.0791. The maximum Gasteiger partial charge on any atom is 0.295 e. The van der Waals surface area contributed by atoms with Crippen molar-refractivity contribution in [3.63, 3.8) is 0 Å². The van der Waals surface area contributed by atoms with E-state index in [1.54, 1.807) is 52.4 Å². The first-order valence-corrected chi connectivity index (χ1v) is 10.1. The van der Waals surface area contributed by atoms with Gasteiger partial charge in [0.2, 0.25) is 0 Å². The van der Waals surface area contributed by atoms with Crippen LogP contribution < -0.4 is 16.2 Å². The Morgan fingerprint density at radius 3 is 2.69 bits per heavy atom. The molecular weight excluding hydrogens is 386 g/mol. The Balaban J connectivity index is 1.52. The van der Waals surface area contributed by atoms with Crippen LogP contribution in [0.3, 0.4) is 0 Å². The molecule has 0 aliphatic carbocycles. The molecule has 4 rings (SSSR count). The predicted molar refractivity (Wildman–Crippen MR) is 115 cm³/mol. The van der Waals surface area contributed by atoms with Crippen molar-refractivity contribution in [1.82, 2.24) is 19.9 Å². The molecule has 0 bridgehead atoms. The molecule has 4 aromatic rings. The zero-order valence-corrected chi connectivity index (χ0v) is 16.6. The van der Waals surface area contributed by atoms with Crippen LogP contribution in [0, 0.1) is 0 Å². The molecule has 0 saturated carbocycles. The van der Waals surface area contributed by atoms with Crippen LogP contribution in [0.4, 0.5) is 11.5 Å². The van der Waals surface area contributed by atoms with E-state index in [0.717, 1.165) is 4.88 Å². The van der Waals surface area contributed by atoms with Crippen LogP contribution in [0.1, 0.15) is 22.2 Å². The van der Waals surface area contributed by atoms with Crippen LogP contribution in [0.25, 0.3) is 11.2 Å². The number of anilines is 2. The van der Waals surface area contributed by atoms with Crippen LogP contribution in [-0.4, -0.2) is 20.4 Å². The summed E-state index contributed by atoms with van der Waals surface area (Å²) < 4.78 is 1.58. The molecule has 1 amide bonds. The van der Waals surface area contributed by atoms with Crippen molar-refractivity contribution >= 4 is 39.9 Å². The lowest BCUT2D eigenvalue weighted by Gasteiger charge is -2.11. The van der Waals surface area contributed by atoms with Gasteiger partial charge in [0.15, 0.2) is 11.5 Å². The number of fused-ring (bicyclic) bond motifs is 1. The van der Waals surface area contributed by atoms with E-state index in [1.165, 1.54) is 0 Å². The number of nitrogens with zero attached hydrogens (tertiary/aromatic N) is 3. The van der Waals surface area contributed by atoms with E-state index in [9.17, 15) is 9.59 Å². The Morgan fingerprint density at radius 1 is 1.14 bits per heavy atom. The lowest BCUT2D eigenvalue weighted by molar-refractivity contribution is 0.0951. The maximum atomic E-state index is 12.7. The molecule has 29 heavy (non-hydrogen) atoms. The fourth-order valence-electron chi connectivity index (χ4n) is 2.98. The smallest absolute Gasteiger partial charge is 0.295 e. The van der Waals surface area contributed by atoms with E-state index in [4.69, 9.17) is 0 Å². The van der Waals surface area contributed by atoms with Gasteiger partial charge in [-0.1, -0.05) is 6.07 Å². The minimum absolute atomic E-state index is 0.145. The number of hydrogen-bond donors (Lipinski definition) is 2. The summed E-state index contributed by atoms with van der Waals surface area (Å²) in [7, 11) is 0. The third-order valence-electron chi connectivity index (χ3n) is 4.43. The lowest BCUT2D eigenvalue weighted by atomic mass is 10.2. The first-order valence-electron chi connectivity index (χ1n) is 9.19. The van der Waals surface area contributed by atoms with E-state index in [-0.39, 0.29) is 17.3 Å². The number of pyridine rings is 1. The fraction of sp³-hybridized carbons (Fsp3) is 0.143. The number of hydrogen-bond acceptors (Lipinski definition) is 6. The Morgan fingerprint density at radius 2 is 1.97 bits per heavy atom. The quantitative estimate of drug-likeness (QED) is 0.512. The molecule has 146 valence electrons. The standard InChI is InChI=1S/C21H19N5O2S/c1-2-26-19-17(6-3-11-22-19)25-18(21(26)28)24-15-9-7-14(8-10-15)20(27)23-13-16-5-4-12-29-16/h3-12H,2,13H2,1H3,(H,23,27)(H,24,25). The highest BCUT2D eigenvalue weighted by Crippen LogP contribution is 2.16. The maximum absolute atomic E-state index is 12.7. The van der Waals surface area contributed by atoms with Crippen molar-refractivity contribution in [3.05, 3.63) is 80.9 Å². The molecule has 0 aliphatic heterocycles. The van der Waals surface area contributed by atoms with E-state index < -0.39 is 0 Å². The normalized spacial score (nSPS) is 10.8. The van der Waals surface area contributed by atoms with Gasteiger partial charge in [-0.2, -0.15) is 0 Å². The number of nitrogens with one attached hydrogen (secondary N) is 2. The number of carbonyl (C=O) groups is 1. The van der Waals surface area contributed by atoms with Crippen LogP contribution in [0.15, 0.2) is 64.9 Å². The zero-order chi connectivity index (χ0) is 20.2. The highest BCUT2D eigenvalue weighted by molar-refractivity contribution is 7.09. The van der Waals surface area contributed by atoms with Gasteiger partial charge in [0.1, 0.15) is 5.52 Å². The van der Waals surface area contributed by atoms with Crippen LogP contribution >= 0.6 is 11.3 Å². The summed E-state index contributed by atoms with van der Waals surface area (Å²) in [5.41, 5.74) is 2.19. The van der Waals surface area contributed by atoms with Gasteiger partial charge in [-0.25, -0.2) is 9.97 Å². The van der Waals surface area contributed by atoms with Crippen molar-refractivity contribution < 1.29 is 4.79 Å². The third kappa shape index (κ3) is 4.02. The lowest BCUT2D eigenvalue weighted by Crippen LogP contribution is -2.24. The molecule has 0 saturated heterocycles. The van der Waals surface area contributed by atoms with Gasteiger partial charge in [0.05, 0.1) is 6.54 Å². The topological polar surface area (TPSA) is 88.9 Å². The number of rotatable bonds is 6. The number of aryl methyl sites for hydroxylation is 1. The molecule has 0 unspecified atom stereocenters. The summed E-state index contributed by atoms with van der Waals surface area (Å²) in [6, 6.07) is 14.5. The summed E-state index contributed by atoms with van der Waals surface area (Å²) in [4.78, 5) is 34.8.